The fourth-order valence-corrected chi connectivity index (χ4v) is 6.63. The van der Waals surface area contributed by atoms with Crippen molar-refractivity contribution >= 4 is 16.6 Å². The minimum atomic E-state index is -1.74. The molecule has 3 nitrogen and oxygen atoms in total. The van der Waals surface area contributed by atoms with E-state index in [1.165, 1.54) is 6.42 Å². The summed E-state index contributed by atoms with van der Waals surface area (Å²) in [4.78, 5) is 0. The minimum absolute atomic E-state index is 0.257. The van der Waals surface area contributed by atoms with E-state index in [2.05, 4.69) is 99.0 Å². The van der Waals surface area contributed by atoms with E-state index in [9.17, 15) is 0 Å². The third-order valence-corrected chi connectivity index (χ3v) is 17.0. The van der Waals surface area contributed by atoms with Gasteiger partial charge < -0.3 is 14.2 Å². The van der Waals surface area contributed by atoms with Crippen LogP contribution in [0, 0.1) is 0 Å². The Morgan fingerprint density at radius 3 is 1.84 bits per heavy atom. The molecule has 1 aliphatic heterocycles. The zero-order chi connectivity index (χ0) is 24.1. The van der Waals surface area contributed by atoms with Gasteiger partial charge in [0, 0.05) is 24.3 Å². The van der Waals surface area contributed by atoms with Crippen molar-refractivity contribution in [2.75, 3.05) is 0 Å². The zero-order valence-corrected chi connectivity index (χ0v) is 25.0. The molecule has 0 aromatic carbocycles. The van der Waals surface area contributed by atoms with Crippen LogP contribution in [0.4, 0.5) is 0 Å². The Morgan fingerprint density at radius 1 is 0.871 bits per heavy atom. The fraction of sp³-hybridized carbons (Fsp3) is 0.923. The van der Waals surface area contributed by atoms with Gasteiger partial charge in [-0.15, -0.1) is 0 Å². The maximum absolute atomic E-state index is 6.84. The molecule has 5 heteroatoms. The average Bonchev–Trinajstić information content (AvgIpc) is 2.59. The normalized spacial score (nSPS) is 23.1. The zero-order valence-electron chi connectivity index (χ0n) is 23.0. The van der Waals surface area contributed by atoms with Crippen LogP contribution in [0.1, 0.15) is 93.9 Å². The molecule has 0 saturated heterocycles. The molecule has 0 aromatic rings. The topological polar surface area (TPSA) is 30.5 Å². The van der Waals surface area contributed by atoms with E-state index in [4.69, 9.17) is 8.85 Å². The standard InChI is InChI=1S/C26H55NO2Si2/c1-13-16-24(29-31(11,12)26(6,7)8)20-22-18-15-17-21(27-22)19-23(14-2)28-30(9,10)25(3,4)5/h15,17,21-24,27H,13-14,16,18-20H2,1-12H3/t21-,22-,23-,24-/m0/s1. The Balaban J connectivity index is 2.75. The van der Waals surface area contributed by atoms with E-state index in [0.29, 0.717) is 24.3 Å². The van der Waals surface area contributed by atoms with Crippen molar-refractivity contribution in [3.8, 4) is 0 Å². The first-order chi connectivity index (χ1) is 14.0. The first-order valence-electron chi connectivity index (χ1n) is 12.8. The third kappa shape index (κ3) is 9.07. The fourth-order valence-electron chi connectivity index (χ4n) is 3.78. The highest BCUT2D eigenvalue weighted by molar-refractivity contribution is 6.74. The van der Waals surface area contributed by atoms with Gasteiger partial charge in [-0.3, -0.25) is 0 Å². The van der Waals surface area contributed by atoms with Gasteiger partial charge in [0.25, 0.3) is 0 Å². The first kappa shape index (κ1) is 29.1. The van der Waals surface area contributed by atoms with Gasteiger partial charge >= 0.3 is 0 Å². The molecule has 184 valence electrons. The molecule has 4 atom stereocenters. The molecule has 0 aromatic heterocycles. The Labute approximate surface area is 197 Å². The monoisotopic (exact) mass is 469 g/mol. The number of hydrogen-bond acceptors (Lipinski definition) is 3. The van der Waals surface area contributed by atoms with Gasteiger partial charge in [0.1, 0.15) is 0 Å². The smallest absolute Gasteiger partial charge is 0.192 e. The van der Waals surface area contributed by atoms with Crippen molar-refractivity contribution in [1.82, 2.24) is 5.32 Å². The van der Waals surface area contributed by atoms with Gasteiger partial charge in [0.15, 0.2) is 16.6 Å². The molecule has 0 aliphatic carbocycles. The number of nitrogens with one attached hydrogen (secondary N) is 1. The van der Waals surface area contributed by atoms with E-state index < -0.39 is 16.6 Å². The molecule has 0 fully saturated rings. The second-order valence-electron chi connectivity index (χ2n) is 12.8. The van der Waals surface area contributed by atoms with Crippen LogP contribution >= 0.6 is 0 Å². The van der Waals surface area contributed by atoms with Crippen molar-refractivity contribution in [2.45, 2.75) is 154 Å². The molecule has 0 saturated carbocycles. The van der Waals surface area contributed by atoms with Crippen molar-refractivity contribution in [3.63, 3.8) is 0 Å². The van der Waals surface area contributed by atoms with Crippen LogP contribution in [0.15, 0.2) is 12.2 Å². The summed E-state index contributed by atoms with van der Waals surface area (Å²) in [5.74, 6) is 0. The van der Waals surface area contributed by atoms with Crippen LogP contribution in [-0.4, -0.2) is 40.9 Å². The largest absolute Gasteiger partial charge is 0.414 e. The maximum atomic E-state index is 6.84. The van der Waals surface area contributed by atoms with Crippen LogP contribution in [0.2, 0.25) is 36.3 Å². The molecule has 31 heavy (non-hydrogen) atoms. The molecular formula is C26H55NO2Si2. The molecular weight excluding hydrogens is 414 g/mol. The van der Waals surface area contributed by atoms with Crippen LogP contribution in [0.5, 0.6) is 0 Å². The maximum Gasteiger partial charge on any atom is 0.192 e. The summed E-state index contributed by atoms with van der Waals surface area (Å²) in [6, 6.07) is 0.908. The molecule has 1 heterocycles. The van der Waals surface area contributed by atoms with E-state index in [1.54, 1.807) is 0 Å². The van der Waals surface area contributed by atoms with Crippen LogP contribution in [-0.2, 0) is 8.85 Å². The lowest BCUT2D eigenvalue weighted by atomic mass is 9.96. The highest BCUT2D eigenvalue weighted by Crippen LogP contribution is 2.39. The number of rotatable bonds is 11. The lowest BCUT2D eigenvalue weighted by molar-refractivity contribution is 0.134. The first-order valence-corrected chi connectivity index (χ1v) is 18.6. The van der Waals surface area contributed by atoms with Gasteiger partial charge in [-0.2, -0.15) is 0 Å². The Bertz CT molecular complexity index is 561. The molecule has 0 radical (unpaired) electrons. The lowest BCUT2D eigenvalue weighted by Gasteiger charge is -2.41. The molecule has 1 rings (SSSR count). The van der Waals surface area contributed by atoms with Gasteiger partial charge in [-0.05, 0) is 68.4 Å². The summed E-state index contributed by atoms with van der Waals surface area (Å²) in [6.07, 6.45) is 12.2. The summed E-state index contributed by atoms with van der Waals surface area (Å²) >= 11 is 0. The molecule has 0 bridgehead atoms. The van der Waals surface area contributed by atoms with Gasteiger partial charge in [-0.1, -0.05) is 74.0 Å². The quantitative estimate of drug-likeness (QED) is 0.245. The summed E-state index contributed by atoms with van der Waals surface area (Å²) in [5.41, 5.74) is 0. The molecule has 1 aliphatic rings. The van der Waals surface area contributed by atoms with Crippen LogP contribution in [0.25, 0.3) is 0 Å². The van der Waals surface area contributed by atoms with Crippen LogP contribution < -0.4 is 5.32 Å². The van der Waals surface area contributed by atoms with Gasteiger partial charge in [0.2, 0.25) is 0 Å². The molecule has 1 N–H and O–H groups in total. The lowest BCUT2D eigenvalue weighted by Crippen LogP contribution is -2.49. The summed E-state index contributed by atoms with van der Waals surface area (Å²) in [5, 5.41) is 4.46. The molecule has 0 unspecified atom stereocenters. The van der Waals surface area contributed by atoms with Crippen molar-refractivity contribution in [2.24, 2.45) is 0 Å². The SMILES string of the molecule is CCC[C@@H](C[C@@H]1CC=C[C@@H](C[C@H](CC)O[Si](C)(C)C(C)(C)C)N1)O[Si](C)(C)C(C)(C)C. The highest BCUT2D eigenvalue weighted by Gasteiger charge is 2.40. The predicted octanol–water partition coefficient (Wildman–Crippen LogP) is 8.04. The van der Waals surface area contributed by atoms with E-state index in [0.717, 1.165) is 32.1 Å². The van der Waals surface area contributed by atoms with E-state index in [1.807, 2.05) is 0 Å². The summed E-state index contributed by atoms with van der Waals surface area (Å²) in [7, 11) is -3.48. The van der Waals surface area contributed by atoms with E-state index >= 15 is 0 Å². The molecule has 0 spiro atoms. The molecule has 0 amide bonds. The predicted molar refractivity (Wildman–Crippen MR) is 143 cm³/mol. The second kappa shape index (κ2) is 11.5. The Morgan fingerprint density at radius 2 is 1.39 bits per heavy atom. The van der Waals surface area contributed by atoms with Crippen molar-refractivity contribution < 1.29 is 8.85 Å². The minimum Gasteiger partial charge on any atom is -0.414 e. The summed E-state index contributed by atoms with van der Waals surface area (Å²) in [6.45, 7) is 28.1. The second-order valence-corrected chi connectivity index (χ2v) is 22.3. The van der Waals surface area contributed by atoms with Gasteiger partial charge in [0.05, 0.1) is 0 Å². The van der Waals surface area contributed by atoms with Gasteiger partial charge in [-0.25, -0.2) is 0 Å². The third-order valence-electron chi connectivity index (χ3n) is 7.90. The van der Waals surface area contributed by atoms with Crippen molar-refractivity contribution in [3.05, 3.63) is 12.2 Å². The average molecular weight is 470 g/mol. The highest BCUT2D eigenvalue weighted by atomic mass is 28.4. The summed E-state index contributed by atoms with van der Waals surface area (Å²) < 4.78 is 13.6. The Hall–Kier alpha value is 0.0538. The number of hydrogen-bond donors (Lipinski definition) is 1. The Kier molecular flexibility index (Phi) is 10.8. The van der Waals surface area contributed by atoms with E-state index in [-0.39, 0.29) is 10.1 Å². The van der Waals surface area contributed by atoms with Crippen molar-refractivity contribution in [1.29, 1.82) is 0 Å². The van der Waals surface area contributed by atoms with Crippen LogP contribution in [0.3, 0.4) is 0 Å².